The zero-order valence-corrected chi connectivity index (χ0v) is 12.3. The van der Waals surface area contributed by atoms with Gasteiger partial charge in [0.25, 0.3) is 0 Å². The molecule has 1 aliphatic rings. The number of benzene rings is 1. The first-order valence-corrected chi connectivity index (χ1v) is 7.38. The molecular weight excluding hydrogens is 248 g/mol. The summed E-state index contributed by atoms with van der Waals surface area (Å²) in [5.41, 5.74) is 4.14. The number of piperidine rings is 1. The Morgan fingerprint density at radius 2 is 2.00 bits per heavy atom. The lowest BCUT2D eigenvalue weighted by Gasteiger charge is -2.32. The topological polar surface area (TPSA) is 41.0 Å². The van der Waals surface area contributed by atoms with Gasteiger partial charge in [0.15, 0.2) is 0 Å². The summed E-state index contributed by atoms with van der Waals surface area (Å²) in [5, 5.41) is 3.39. The lowest BCUT2D eigenvalue weighted by Crippen LogP contribution is -2.44. The number of aromatic nitrogens is 2. The standard InChI is InChI=1S/C16H22N4/c1-12-16(11-20-9-5-6-13(10-20)17-2)19-15-8-4-3-7-14(15)18-12/h3-4,7-8,13,17H,5-6,9-11H2,1-2H3. The second-order valence-electron chi connectivity index (χ2n) is 5.61. The van der Waals surface area contributed by atoms with Gasteiger partial charge in [0.05, 0.1) is 22.4 Å². The molecule has 0 saturated carbocycles. The van der Waals surface area contributed by atoms with Crippen LogP contribution in [0.4, 0.5) is 0 Å². The fourth-order valence-electron chi connectivity index (χ4n) is 2.92. The number of para-hydroxylation sites is 2. The van der Waals surface area contributed by atoms with E-state index in [1.165, 1.54) is 12.8 Å². The van der Waals surface area contributed by atoms with E-state index in [9.17, 15) is 0 Å². The monoisotopic (exact) mass is 270 g/mol. The molecule has 1 aliphatic heterocycles. The van der Waals surface area contributed by atoms with Crippen LogP contribution in [0.15, 0.2) is 24.3 Å². The molecule has 0 amide bonds. The highest BCUT2D eigenvalue weighted by Crippen LogP contribution is 2.16. The van der Waals surface area contributed by atoms with Gasteiger partial charge in [-0.25, -0.2) is 9.97 Å². The van der Waals surface area contributed by atoms with Crippen LogP contribution in [0, 0.1) is 6.92 Å². The number of hydrogen-bond acceptors (Lipinski definition) is 4. The molecule has 3 rings (SSSR count). The molecule has 1 N–H and O–H groups in total. The van der Waals surface area contributed by atoms with Crippen LogP contribution in [0.5, 0.6) is 0 Å². The van der Waals surface area contributed by atoms with E-state index < -0.39 is 0 Å². The predicted octanol–water partition coefficient (Wildman–Crippen LogP) is 2.12. The first-order valence-electron chi connectivity index (χ1n) is 7.38. The quantitative estimate of drug-likeness (QED) is 0.927. The molecule has 1 aromatic heterocycles. The molecular formula is C16H22N4. The Morgan fingerprint density at radius 1 is 1.25 bits per heavy atom. The van der Waals surface area contributed by atoms with Crippen LogP contribution in [0.1, 0.15) is 24.2 Å². The van der Waals surface area contributed by atoms with Gasteiger partial charge < -0.3 is 5.32 Å². The zero-order valence-electron chi connectivity index (χ0n) is 12.3. The highest BCUT2D eigenvalue weighted by atomic mass is 15.2. The molecule has 1 aromatic carbocycles. The van der Waals surface area contributed by atoms with Crippen molar-refractivity contribution >= 4 is 11.0 Å². The molecule has 1 atom stereocenters. The molecule has 2 aromatic rings. The largest absolute Gasteiger partial charge is 0.316 e. The molecule has 0 bridgehead atoms. The Labute approximate surface area is 120 Å². The Bertz CT molecular complexity index is 596. The number of nitrogens with one attached hydrogen (secondary N) is 1. The van der Waals surface area contributed by atoms with Gasteiger partial charge in [-0.05, 0) is 45.5 Å². The summed E-state index contributed by atoms with van der Waals surface area (Å²) in [7, 11) is 2.05. The Kier molecular flexibility index (Phi) is 3.94. The van der Waals surface area contributed by atoms with Crippen molar-refractivity contribution in [3.8, 4) is 0 Å². The average Bonchev–Trinajstić information content (AvgIpc) is 2.48. The smallest absolute Gasteiger partial charge is 0.0890 e. The van der Waals surface area contributed by atoms with E-state index in [2.05, 4.69) is 29.2 Å². The molecule has 1 saturated heterocycles. The molecule has 0 aliphatic carbocycles. The summed E-state index contributed by atoms with van der Waals surface area (Å²) in [6, 6.07) is 8.71. The van der Waals surface area contributed by atoms with E-state index in [4.69, 9.17) is 4.98 Å². The summed E-state index contributed by atoms with van der Waals surface area (Å²) in [4.78, 5) is 12.0. The molecule has 0 radical (unpaired) electrons. The van der Waals surface area contributed by atoms with E-state index >= 15 is 0 Å². The van der Waals surface area contributed by atoms with Crippen molar-refractivity contribution in [1.82, 2.24) is 20.2 Å². The maximum atomic E-state index is 4.80. The summed E-state index contributed by atoms with van der Waals surface area (Å²) >= 11 is 0. The molecule has 106 valence electrons. The van der Waals surface area contributed by atoms with E-state index in [0.717, 1.165) is 42.1 Å². The van der Waals surface area contributed by atoms with Crippen molar-refractivity contribution in [3.05, 3.63) is 35.7 Å². The Morgan fingerprint density at radius 3 is 2.75 bits per heavy atom. The van der Waals surface area contributed by atoms with E-state index in [-0.39, 0.29) is 0 Å². The molecule has 1 unspecified atom stereocenters. The van der Waals surface area contributed by atoms with E-state index in [1.54, 1.807) is 0 Å². The minimum Gasteiger partial charge on any atom is -0.316 e. The van der Waals surface area contributed by atoms with Gasteiger partial charge in [-0.1, -0.05) is 12.1 Å². The van der Waals surface area contributed by atoms with Gasteiger partial charge in [0, 0.05) is 19.1 Å². The summed E-state index contributed by atoms with van der Waals surface area (Å²) < 4.78 is 0. The molecule has 2 heterocycles. The van der Waals surface area contributed by atoms with E-state index in [0.29, 0.717) is 6.04 Å². The number of rotatable bonds is 3. The van der Waals surface area contributed by atoms with Crippen molar-refractivity contribution in [2.45, 2.75) is 32.4 Å². The van der Waals surface area contributed by atoms with Crippen molar-refractivity contribution in [2.24, 2.45) is 0 Å². The van der Waals surface area contributed by atoms with Crippen LogP contribution < -0.4 is 5.32 Å². The minimum absolute atomic E-state index is 0.609. The fourth-order valence-corrected chi connectivity index (χ4v) is 2.92. The third kappa shape index (κ3) is 2.81. The van der Waals surface area contributed by atoms with Gasteiger partial charge in [0.2, 0.25) is 0 Å². The number of fused-ring (bicyclic) bond motifs is 1. The van der Waals surface area contributed by atoms with Gasteiger partial charge in [0.1, 0.15) is 0 Å². The van der Waals surface area contributed by atoms with Crippen molar-refractivity contribution in [1.29, 1.82) is 0 Å². The highest BCUT2D eigenvalue weighted by molar-refractivity contribution is 5.74. The third-order valence-electron chi connectivity index (χ3n) is 4.13. The lowest BCUT2D eigenvalue weighted by atomic mass is 10.1. The Balaban J connectivity index is 1.81. The summed E-state index contributed by atoms with van der Waals surface area (Å²) in [6.45, 7) is 5.23. The molecule has 4 nitrogen and oxygen atoms in total. The van der Waals surface area contributed by atoms with Crippen LogP contribution in [0.25, 0.3) is 11.0 Å². The van der Waals surface area contributed by atoms with Crippen LogP contribution >= 0.6 is 0 Å². The first kappa shape index (κ1) is 13.5. The van der Waals surface area contributed by atoms with Gasteiger partial charge in [-0.3, -0.25) is 4.90 Å². The van der Waals surface area contributed by atoms with Crippen LogP contribution in [-0.2, 0) is 6.54 Å². The van der Waals surface area contributed by atoms with Crippen LogP contribution in [0.2, 0.25) is 0 Å². The second-order valence-corrected chi connectivity index (χ2v) is 5.61. The van der Waals surface area contributed by atoms with Crippen molar-refractivity contribution in [2.75, 3.05) is 20.1 Å². The van der Waals surface area contributed by atoms with E-state index in [1.807, 2.05) is 24.3 Å². The molecule has 0 spiro atoms. The molecule has 4 heteroatoms. The van der Waals surface area contributed by atoms with Crippen LogP contribution in [0.3, 0.4) is 0 Å². The minimum atomic E-state index is 0.609. The number of nitrogens with zero attached hydrogens (tertiary/aromatic N) is 3. The third-order valence-corrected chi connectivity index (χ3v) is 4.13. The normalized spacial score (nSPS) is 20.4. The fraction of sp³-hybridized carbons (Fsp3) is 0.500. The number of hydrogen-bond donors (Lipinski definition) is 1. The van der Waals surface area contributed by atoms with Crippen molar-refractivity contribution < 1.29 is 0 Å². The number of aryl methyl sites for hydroxylation is 1. The van der Waals surface area contributed by atoms with Gasteiger partial charge in [-0.2, -0.15) is 0 Å². The maximum Gasteiger partial charge on any atom is 0.0890 e. The average molecular weight is 270 g/mol. The number of likely N-dealkylation sites (tertiary alicyclic amines) is 1. The summed E-state index contributed by atoms with van der Waals surface area (Å²) in [5.74, 6) is 0. The molecule has 20 heavy (non-hydrogen) atoms. The lowest BCUT2D eigenvalue weighted by molar-refractivity contribution is 0.186. The zero-order chi connectivity index (χ0) is 13.9. The van der Waals surface area contributed by atoms with Crippen molar-refractivity contribution in [3.63, 3.8) is 0 Å². The number of likely N-dealkylation sites (N-methyl/N-ethyl adjacent to an activating group) is 1. The predicted molar refractivity (Wildman–Crippen MR) is 81.6 cm³/mol. The molecule has 1 fully saturated rings. The Hall–Kier alpha value is -1.52. The van der Waals surface area contributed by atoms with Gasteiger partial charge in [-0.15, -0.1) is 0 Å². The first-order chi connectivity index (χ1) is 9.76. The SMILES string of the molecule is CNC1CCCN(Cc2nc3ccccc3nc2C)C1. The second kappa shape index (κ2) is 5.85. The summed E-state index contributed by atoms with van der Waals surface area (Å²) in [6.07, 6.45) is 2.53. The van der Waals surface area contributed by atoms with Crippen LogP contribution in [-0.4, -0.2) is 41.0 Å². The van der Waals surface area contributed by atoms with Gasteiger partial charge >= 0.3 is 0 Å². The maximum absolute atomic E-state index is 4.80. The highest BCUT2D eigenvalue weighted by Gasteiger charge is 2.19.